The Bertz CT molecular complexity index is 1380. The molecule has 0 spiro atoms. The molecule has 4 aromatic heterocycles. The van der Waals surface area contributed by atoms with E-state index in [2.05, 4.69) is 15.0 Å². The summed E-state index contributed by atoms with van der Waals surface area (Å²) in [6.45, 7) is 4.00. The number of pyridine rings is 2. The van der Waals surface area contributed by atoms with E-state index >= 15 is 0 Å². The van der Waals surface area contributed by atoms with Crippen molar-refractivity contribution in [2.75, 3.05) is 5.73 Å². The van der Waals surface area contributed by atoms with Crippen molar-refractivity contribution < 1.29 is 4.39 Å². The first-order valence-electron chi connectivity index (χ1n) is 10.4. The van der Waals surface area contributed by atoms with Crippen molar-refractivity contribution in [3.05, 3.63) is 78.5 Å². The molecule has 0 saturated heterocycles. The number of anilines is 1. The van der Waals surface area contributed by atoms with E-state index in [1.54, 1.807) is 18.3 Å². The molecule has 0 amide bonds. The van der Waals surface area contributed by atoms with Gasteiger partial charge in [0.1, 0.15) is 17.0 Å². The third-order valence-electron chi connectivity index (χ3n) is 4.78. The van der Waals surface area contributed by atoms with Crippen LogP contribution in [-0.4, -0.2) is 29.5 Å². The number of nitrogen functional groups attached to an aromatic ring is 1. The Balaban J connectivity index is 0.00000126. The molecule has 4 heterocycles. The molecular weight excluding hydrogens is 441 g/mol. The van der Waals surface area contributed by atoms with Gasteiger partial charge in [-0.05, 0) is 42.0 Å². The van der Waals surface area contributed by atoms with Gasteiger partial charge in [-0.3, -0.25) is 4.57 Å². The SMILES string of the molecule is CC.Nc1ncccc1-c1nc2ccc(-c3ncc(F)cn3)nc2n1-c1ccc(CCl)cc1. The summed E-state index contributed by atoms with van der Waals surface area (Å²) in [6, 6.07) is 15.0. The van der Waals surface area contributed by atoms with Gasteiger partial charge in [-0.1, -0.05) is 26.0 Å². The molecule has 0 saturated carbocycles. The van der Waals surface area contributed by atoms with Gasteiger partial charge in [-0.25, -0.2) is 29.3 Å². The number of aromatic nitrogens is 6. The molecule has 0 unspecified atom stereocenters. The van der Waals surface area contributed by atoms with E-state index in [1.807, 2.05) is 54.8 Å². The van der Waals surface area contributed by atoms with Crippen molar-refractivity contribution in [3.8, 4) is 28.6 Å². The lowest BCUT2D eigenvalue weighted by molar-refractivity contribution is 0.614. The molecular formula is C24H21ClFN7. The van der Waals surface area contributed by atoms with Crippen LogP contribution in [0, 0.1) is 5.82 Å². The predicted octanol–water partition coefficient (Wildman–Crippen LogP) is 5.43. The molecule has 2 N–H and O–H groups in total. The zero-order chi connectivity index (χ0) is 23.4. The van der Waals surface area contributed by atoms with Crippen molar-refractivity contribution in [2.45, 2.75) is 19.7 Å². The summed E-state index contributed by atoms with van der Waals surface area (Å²) in [5, 5.41) is 0. The van der Waals surface area contributed by atoms with Crippen LogP contribution in [0.5, 0.6) is 0 Å². The minimum Gasteiger partial charge on any atom is -0.383 e. The molecule has 7 nitrogen and oxygen atoms in total. The number of benzene rings is 1. The van der Waals surface area contributed by atoms with Crippen LogP contribution in [0.2, 0.25) is 0 Å². The Morgan fingerprint density at radius 3 is 2.33 bits per heavy atom. The van der Waals surface area contributed by atoms with E-state index in [-0.39, 0.29) is 0 Å². The molecule has 0 aliphatic rings. The van der Waals surface area contributed by atoms with Crippen LogP contribution in [0.3, 0.4) is 0 Å². The van der Waals surface area contributed by atoms with Gasteiger partial charge in [-0.2, -0.15) is 0 Å². The lowest BCUT2D eigenvalue weighted by Gasteiger charge is -2.11. The van der Waals surface area contributed by atoms with Crippen LogP contribution in [0.25, 0.3) is 39.8 Å². The van der Waals surface area contributed by atoms with Gasteiger partial charge in [0.15, 0.2) is 23.1 Å². The Labute approximate surface area is 195 Å². The van der Waals surface area contributed by atoms with E-state index in [0.29, 0.717) is 45.8 Å². The third-order valence-corrected chi connectivity index (χ3v) is 5.09. The fourth-order valence-electron chi connectivity index (χ4n) is 3.29. The summed E-state index contributed by atoms with van der Waals surface area (Å²) in [5.41, 5.74) is 10.4. The van der Waals surface area contributed by atoms with Crippen LogP contribution in [0.15, 0.2) is 67.1 Å². The smallest absolute Gasteiger partial charge is 0.178 e. The maximum absolute atomic E-state index is 13.2. The fourth-order valence-corrected chi connectivity index (χ4v) is 3.47. The number of hydrogen-bond acceptors (Lipinski definition) is 6. The first-order valence-corrected chi connectivity index (χ1v) is 10.9. The second-order valence-electron chi connectivity index (χ2n) is 6.77. The standard InChI is InChI=1S/C22H15ClFN7.C2H6/c23-10-13-3-5-15(6-4-13)31-21(16-2-1-9-26-19(16)25)30-18-8-7-17(29-22(18)31)20-27-11-14(24)12-28-20;1-2/h1-9,11-12H,10H2,(H2,25,26);1-2H3. The molecule has 0 fully saturated rings. The number of hydrogen-bond donors (Lipinski definition) is 1. The highest BCUT2D eigenvalue weighted by Gasteiger charge is 2.19. The molecule has 0 radical (unpaired) electrons. The van der Waals surface area contributed by atoms with E-state index in [1.165, 1.54) is 0 Å². The highest BCUT2D eigenvalue weighted by atomic mass is 35.5. The monoisotopic (exact) mass is 461 g/mol. The van der Waals surface area contributed by atoms with Crippen LogP contribution in [0.4, 0.5) is 10.2 Å². The summed E-state index contributed by atoms with van der Waals surface area (Å²) < 4.78 is 15.1. The lowest BCUT2D eigenvalue weighted by Crippen LogP contribution is -2.02. The summed E-state index contributed by atoms with van der Waals surface area (Å²) in [4.78, 5) is 21.8. The van der Waals surface area contributed by atoms with E-state index < -0.39 is 5.82 Å². The molecule has 0 bridgehead atoms. The quantitative estimate of drug-likeness (QED) is 0.359. The van der Waals surface area contributed by atoms with Crippen LogP contribution >= 0.6 is 11.6 Å². The summed E-state index contributed by atoms with van der Waals surface area (Å²) in [5.74, 6) is 1.18. The minimum absolute atomic E-state index is 0.316. The molecule has 5 rings (SSSR count). The third kappa shape index (κ3) is 4.38. The van der Waals surface area contributed by atoms with Gasteiger partial charge in [0.25, 0.3) is 0 Å². The first-order chi connectivity index (χ1) is 16.1. The second kappa shape index (κ2) is 9.70. The number of alkyl halides is 1. The zero-order valence-electron chi connectivity index (χ0n) is 18.1. The number of fused-ring (bicyclic) bond motifs is 1. The Kier molecular flexibility index (Phi) is 6.55. The summed E-state index contributed by atoms with van der Waals surface area (Å²) >= 11 is 5.95. The lowest BCUT2D eigenvalue weighted by atomic mass is 10.2. The second-order valence-corrected chi connectivity index (χ2v) is 7.04. The number of halogens is 2. The van der Waals surface area contributed by atoms with E-state index in [4.69, 9.17) is 27.3 Å². The molecule has 166 valence electrons. The maximum Gasteiger partial charge on any atom is 0.178 e. The van der Waals surface area contributed by atoms with Gasteiger partial charge >= 0.3 is 0 Å². The number of nitrogens with zero attached hydrogens (tertiary/aromatic N) is 6. The first kappa shape index (κ1) is 22.3. The molecule has 9 heteroatoms. The molecule has 0 aliphatic carbocycles. The topological polar surface area (TPSA) is 95.4 Å². The normalized spacial score (nSPS) is 10.7. The molecule has 5 aromatic rings. The Hall–Kier alpha value is -3.91. The van der Waals surface area contributed by atoms with Gasteiger partial charge in [0.05, 0.1) is 18.0 Å². The zero-order valence-corrected chi connectivity index (χ0v) is 18.8. The summed E-state index contributed by atoms with van der Waals surface area (Å²) in [6.07, 6.45) is 3.85. The van der Waals surface area contributed by atoms with E-state index in [9.17, 15) is 4.39 Å². The maximum atomic E-state index is 13.2. The van der Waals surface area contributed by atoms with Crippen molar-refractivity contribution in [2.24, 2.45) is 0 Å². The highest BCUT2D eigenvalue weighted by Crippen LogP contribution is 2.31. The number of imidazole rings is 1. The predicted molar refractivity (Wildman–Crippen MR) is 128 cm³/mol. The Morgan fingerprint density at radius 1 is 0.939 bits per heavy atom. The molecule has 1 aromatic carbocycles. The number of nitrogens with two attached hydrogens (primary N) is 1. The average Bonchev–Trinajstić information content (AvgIpc) is 3.24. The van der Waals surface area contributed by atoms with Crippen LogP contribution in [0.1, 0.15) is 19.4 Å². The van der Waals surface area contributed by atoms with Gasteiger partial charge in [0.2, 0.25) is 0 Å². The van der Waals surface area contributed by atoms with Crippen LogP contribution < -0.4 is 5.73 Å². The molecule has 0 aliphatic heterocycles. The average molecular weight is 462 g/mol. The Morgan fingerprint density at radius 2 is 1.67 bits per heavy atom. The number of rotatable bonds is 4. The van der Waals surface area contributed by atoms with Gasteiger partial charge in [0, 0.05) is 17.8 Å². The van der Waals surface area contributed by atoms with Gasteiger partial charge < -0.3 is 5.73 Å². The minimum atomic E-state index is -0.511. The van der Waals surface area contributed by atoms with Gasteiger partial charge in [-0.15, -0.1) is 11.6 Å². The van der Waals surface area contributed by atoms with Crippen molar-refractivity contribution in [1.82, 2.24) is 29.5 Å². The highest BCUT2D eigenvalue weighted by molar-refractivity contribution is 6.17. The van der Waals surface area contributed by atoms with Crippen molar-refractivity contribution in [3.63, 3.8) is 0 Å². The van der Waals surface area contributed by atoms with E-state index in [0.717, 1.165) is 23.6 Å². The van der Waals surface area contributed by atoms with Crippen LogP contribution in [-0.2, 0) is 5.88 Å². The van der Waals surface area contributed by atoms with Crippen molar-refractivity contribution in [1.29, 1.82) is 0 Å². The summed E-state index contributed by atoms with van der Waals surface area (Å²) in [7, 11) is 0. The largest absolute Gasteiger partial charge is 0.383 e. The van der Waals surface area contributed by atoms with Crippen molar-refractivity contribution >= 4 is 28.6 Å². The molecule has 33 heavy (non-hydrogen) atoms. The fraction of sp³-hybridized carbons (Fsp3) is 0.125. The molecule has 0 atom stereocenters.